The first-order chi connectivity index (χ1) is 15.3. The van der Waals surface area contributed by atoms with Gasteiger partial charge >= 0.3 is 0 Å². The van der Waals surface area contributed by atoms with Crippen LogP contribution in [0.1, 0.15) is 51.5 Å². The maximum atomic E-state index is 6.33. The molecule has 1 saturated heterocycles. The Bertz CT molecular complexity index is 936. The van der Waals surface area contributed by atoms with Gasteiger partial charge in [0.2, 0.25) is 5.95 Å². The van der Waals surface area contributed by atoms with E-state index < -0.39 is 0 Å². The van der Waals surface area contributed by atoms with Crippen molar-refractivity contribution in [3.63, 3.8) is 0 Å². The van der Waals surface area contributed by atoms with E-state index in [1.807, 2.05) is 18.2 Å². The van der Waals surface area contributed by atoms with Crippen LogP contribution in [-0.4, -0.2) is 34.7 Å². The van der Waals surface area contributed by atoms with Gasteiger partial charge in [-0.25, -0.2) is 4.98 Å². The van der Waals surface area contributed by atoms with Gasteiger partial charge in [0, 0.05) is 36.1 Å². The summed E-state index contributed by atoms with van der Waals surface area (Å²) in [5.74, 6) is 2.54. The first-order valence-corrected chi connectivity index (χ1v) is 12.6. The number of benzene rings is 1. The molecule has 2 N–H and O–H groups in total. The Balaban J connectivity index is 1.42. The third kappa shape index (κ3) is 5.64. The number of hydrogen-bond donors (Lipinski definition) is 2. The first-order valence-electron chi connectivity index (χ1n) is 11.4. The molecule has 0 unspecified atom stereocenters. The lowest BCUT2D eigenvalue weighted by Crippen LogP contribution is -2.41. The molecule has 0 bridgehead atoms. The fourth-order valence-corrected chi connectivity index (χ4v) is 5.76. The molecule has 4 rings (SSSR count). The molecule has 2 aliphatic rings. The summed E-state index contributed by atoms with van der Waals surface area (Å²) >= 11 is 18.0. The third-order valence-electron chi connectivity index (χ3n) is 6.70. The fraction of sp³-hybridized carbons (Fsp3) is 0.542. The molecule has 1 aliphatic heterocycles. The van der Waals surface area contributed by atoms with Gasteiger partial charge in [0.05, 0.1) is 0 Å². The van der Waals surface area contributed by atoms with Gasteiger partial charge < -0.3 is 15.5 Å². The number of halogens is 2. The maximum Gasteiger partial charge on any atom is 0.232 e. The topological polar surface area (TPSA) is 53.1 Å². The van der Waals surface area contributed by atoms with Crippen LogP contribution in [0.3, 0.4) is 0 Å². The van der Waals surface area contributed by atoms with E-state index in [0.29, 0.717) is 28.0 Å². The monoisotopic (exact) mass is 491 g/mol. The maximum absolute atomic E-state index is 6.33. The van der Waals surface area contributed by atoms with Crippen LogP contribution in [0.2, 0.25) is 10.2 Å². The van der Waals surface area contributed by atoms with Crippen LogP contribution in [0.25, 0.3) is 0 Å². The Morgan fingerprint density at radius 3 is 2.41 bits per heavy atom. The Labute approximate surface area is 206 Å². The molecule has 2 heterocycles. The summed E-state index contributed by atoms with van der Waals surface area (Å²) in [5.41, 5.74) is 1.38. The highest BCUT2D eigenvalue weighted by Crippen LogP contribution is 2.41. The largest absolute Gasteiger partial charge is 0.361 e. The molecule has 2 fully saturated rings. The number of thiocarbonyl (C=S) groups is 1. The molecule has 5 nitrogen and oxygen atoms in total. The Kier molecular flexibility index (Phi) is 7.43. The number of aromatic nitrogens is 2. The minimum atomic E-state index is 0.0662. The second-order valence-corrected chi connectivity index (χ2v) is 10.8. The third-order valence-corrected chi connectivity index (χ3v) is 7.40. The lowest BCUT2D eigenvalue weighted by atomic mass is 9.79. The zero-order chi connectivity index (χ0) is 22.7. The molecule has 1 aromatic heterocycles. The molecule has 1 aromatic carbocycles. The predicted octanol–water partition coefficient (Wildman–Crippen LogP) is 6.06. The number of piperidine rings is 1. The van der Waals surface area contributed by atoms with Gasteiger partial charge in [-0.15, -0.1) is 0 Å². The second kappa shape index (κ2) is 10.1. The predicted molar refractivity (Wildman–Crippen MR) is 138 cm³/mol. The van der Waals surface area contributed by atoms with Gasteiger partial charge in [0.1, 0.15) is 11.0 Å². The molecule has 0 spiro atoms. The summed E-state index contributed by atoms with van der Waals surface area (Å²) < 4.78 is 0. The van der Waals surface area contributed by atoms with Crippen LogP contribution < -0.4 is 15.5 Å². The SMILES string of the molecule is C[C@@H]1C[C@H](C)CN(c2cc(Cl)nc(NC(=S)NCC3(c4ccc(Cl)cc4)CCCC3)n2)C1. The fourth-order valence-electron chi connectivity index (χ4n) is 5.29. The highest BCUT2D eigenvalue weighted by atomic mass is 35.5. The van der Waals surface area contributed by atoms with Gasteiger partial charge in [-0.05, 0) is 61.0 Å². The minimum Gasteiger partial charge on any atom is -0.361 e. The van der Waals surface area contributed by atoms with Gasteiger partial charge in [-0.2, -0.15) is 4.98 Å². The van der Waals surface area contributed by atoms with Crippen molar-refractivity contribution in [3.8, 4) is 0 Å². The molecule has 0 radical (unpaired) electrons. The van der Waals surface area contributed by atoms with Crippen molar-refractivity contribution >= 4 is 52.3 Å². The van der Waals surface area contributed by atoms with Crippen molar-refractivity contribution in [2.45, 2.75) is 51.4 Å². The summed E-state index contributed by atoms with van der Waals surface area (Å²) in [6, 6.07) is 10.0. The number of nitrogens with one attached hydrogen (secondary N) is 2. The highest BCUT2D eigenvalue weighted by molar-refractivity contribution is 7.80. The number of rotatable bonds is 5. The standard InChI is InChI=1S/C24H31Cl2N5S/c1-16-11-17(2)14-31(13-16)21-12-20(26)28-22(29-21)30-23(32)27-15-24(9-3-4-10-24)18-5-7-19(25)8-6-18/h5-8,12,16-17H,3-4,9-11,13-15H2,1-2H3,(H2,27,28,29,30,32)/t16-,17+. The van der Waals surface area contributed by atoms with Crippen LogP contribution >= 0.6 is 35.4 Å². The van der Waals surface area contributed by atoms with E-state index in [4.69, 9.17) is 40.4 Å². The average molecular weight is 493 g/mol. The normalized spacial score (nSPS) is 22.6. The van der Waals surface area contributed by atoms with Gasteiger partial charge in [0.15, 0.2) is 5.11 Å². The van der Waals surface area contributed by atoms with E-state index in [2.05, 4.69) is 46.5 Å². The molecular weight excluding hydrogens is 461 g/mol. The molecule has 1 aliphatic carbocycles. The Morgan fingerprint density at radius 2 is 1.75 bits per heavy atom. The highest BCUT2D eigenvalue weighted by Gasteiger charge is 2.35. The molecule has 172 valence electrons. The molecule has 2 atom stereocenters. The molecule has 32 heavy (non-hydrogen) atoms. The van der Waals surface area contributed by atoms with Crippen molar-refractivity contribution in [1.82, 2.24) is 15.3 Å². The quantitative estimate of drug-likeness (QED) is 0.391. The average Bonchev–Trinajstić information content (AvgIpc) is 3.22. The van der Waals surface area contributed by atoms with Gasteiger partial charge in [-0.3, -0.25) is 0 Å². The van der Waals surface area contributed by atoms with E-state index in [1.165, 1.54) is 24.8 Å². The van der Waals surface area contributed by atoms with Crippen molar-refractivity contribution in [2.24, 2.45) is 11.8 Å². The Hall–Kier alpha value is -1.63. The zero-order valence-electron chi connectivity index (χ0n) is 18.7. The van der Waals surface area contributed by atoms with Gasteiger partial charge in [0.25, 0.3) is 0 Å². The van der Waals surface area contributed by atoms with E-state index in [0.717, 1.165) is 43.3 Å². The van der Waals surface area contributed by atoms with Crippen LogP contribution in [0.15, 0.2) is 30.3 Å². The van der Waals surface area contributed by atoms with Crippen molar-refractivity contribution < 1.29 is 0 Å². The number of anilines is 2. The van der Waals surface area contributed by atoms with E-state index in [9.17, 15) is 0 Å². The number of hydrogen-bond acceptors (Lipinski definition) is 4. The first kappa shape index (κ1) is 23.5. The minimum absolute atomic E-state index is 0.0662. The van der Waals surface area contributed by atoms with Crippen LogP contribution in [0.5, 0.6) is 0 Å². The van der Waals surface area contributed by atoms with Crippen molar-refractivity contribution in [3.05, 3.63) is 46.1 Å². The Morgan fingerprint density at radius 1 is 1.09 bits per heavy atom. The molecule has 1 saturated carbocycles. The molecular formula is C24H31Cl2N5S. The van der Waals surface area contributed by atoms with Crippen LogP contribution in [-0.2, 0) is 5.41 Å². The van der Waals surface area contributed by atoms with Crippen molar-refractivity contribution in [2.75, 3.05) is 29.9 Å². The van der Waals surface area contributed by atoms with Crippen LogP contribution in [0.4, 0.5) is 11.8 Å². The molecule has 8 heteroatoms. The van der Waals surface area contributed by atoms with Gasteiger partial charge in [-0.1, -0.05) is 62.0 Å². The van der Waals surface area contributed by atoms with E-state index in [-0.39, 0.29) is 5.41 Å². The smallest absolute Gasteiger partial charge is 0.232 e. The zero-order valence-corrected chi connectivity index (χ0v) is 21.0. The molecule has 2 aromatic rings. The summed E-state index contributed by atoms with van der Waals surface area (Å²) in [7, 11) is 0. The summed E-state index contributed by atoms with van der Waals surface area (Å²) in [6.07, 6.45) is 5.94. The lowest BCUT2D eigenvalue weighted by Gasteiger charge is -2.35. The summed E-state index contributed by atoms with van der Waals surface area (Å²) in [6.45, 7) is 7.27. The lowest BCUT2D eigenvalue weighted by molar-refractivity contribution is 0.355. The summed E-state index contributed by atoms with van der Waals surface area (Å²) in [4.78, 5) is 11.3. The summed E-state index contributed by atoms with van der Waals surface area (Å²) in [5, 5.41) is 8.25. The second-order valence-electron chi connectivity index (χ2n) is 9.53. The molecule has 0 amide bonds. The van der Waals surface area contributed by atoms with Crippen molar-refractivity contribution in [1.29, 1.82) is 0 Å². The number of nitrogens with zero attached hydrogens (tertiary/aromatic N) is 3. The van der Waals surface area contributed by atoms with E-state index in [1.54, 1.807) is 0 Å². The van der Waals surface area contributed by atoms with E-state index >= 15 is 0 Å². The van der Waals surface area contributed by atoms with Crippen LogP contribution in [0, 0.1) is 11.8 Å².